The lowest BCUT2D eigenvalue weighted by atomic mass is 10.0. The van der Waals surface area contributed by atoms with Crippen LogP contribution in [0.15, 0.2) is 22.0 Å². The minimum atomic E-state index is -3.65. The molecule has 1 fully saturated rings. The molecule has 0 aliphatic carbocycles. The first kappa shape index (κ1) is 15.5. The highest BCUT2D eigenvalue weighted by molar-refractivity contribution is 7.89. The summed E-state index contributed by atoms with van der Waals surface area (Å²) in [7, 11) is -1.66. The third-order valence-corrected chi connectivity index (χ3v) is 5.26. The minimum absolute atomic E-state index is 0.0273. The number of likely N-dealkylation sites (N-methyl/N-ethyl adjacent to an activating group) is 1. The molecule has 1 aromatic rings. The third kappa shape index (κ3) is 3.60. The van der Waals surface area contributed by atoms with Crippen molar-refractivity contribution in [3.8, 4) is 0 Å². The molecule has 1 unspecified atom stereocenters. The van der Waals surface area contributed by atoms with E-state index in [1.54, 1.807) is 0 Å². The van der Waals surface area contributed by atoms with Gasteiger partial charge in [0.1, 0.15) is 5.02 Å². The number of nitrogens with zero attached hydrogens (tertiary/aromatic N) is 1. The summed E-state index contributed by atoms with van der Waals surface area (Å²) in [6.45, 7) is 1.34. The molecule has 20 heavy (non-hydrogen) atoms. The van der Waals surface area contributed by atoms with Crippen LogP contribution in [0.25, 0.3) is 0 Å². The highest BCUT2D eigenvalue weighted by Crippen LogP contribution is 2.15. The number of hydrogen-bond donors (Lipinski definition) is 2. The Kier molecular flexibility index (Phi) is 4.85. The fourth-order valence-corrected chi connectivity index (χ4v) is 3.59. The molecule has 1 aromatic heterocycles. The number of pyridine rings is 1. The van der Waals surface area contributed by atoms with E-state index in [2.05, 4.69) is 14.6 Å². The molecule has 2 rings (SSSR count). The van der Waals surface area contributed by atoms with Gasteiger partial charge in [0.25, 0.3) is 5.56 Å². The van der Waals surface area contributed by atoms with Crippen LogP contribution in [0.4, 0.5) is 0 Å². The van der Waals surface area contributed by atoms with Crippen molar-refractivity contribution in [2.45, 2.75) is 30.2 Å². The molecule has 0 saturated carbocycles. The van der Waals surface area contributed by atoms with Gasteiger partial charge in [-0.05, 0) is 32.5 Å². The largest absolute Gasteiger partial charge is 0.326 e. The van der Waals surface area contributed by atoms with Gasteiger partial charge in [-0.2, -0.15) is 0 Å². The van der Waals surface area contributed by atoms with E-state index in [1.165, 1.54) is 0 Å². The molecule has 112 valence electrons. The van der Waals surface area contributed by atoms with E-state index in [4.69, 9.17) is 11.6 Å². The number of H-pyrrole nitrogens is 1. The number of aromatic nitrogens is 1. The van der Waals surface area contributed by atoms with E-state index in [-0.39, 0.29) is 16.0 Å². The van der Waals surface area contributed by atoms with Gasteiger partial charge >= 0.3 is 0 Å². The SMILES string of the molecule is CN1CCCCC1CNS(=O)(=O)c1c[nH]c(=O)c(Cl)c1. The maximum atomic E-state index is 12.1. The standard InChI is InChI=1S/C12H18ClN3O3S/c1-16-5-3-2-4-9(16)7-15-20(18,19)10-6-11(13)12(17)14-8-10/h6,8-9,15H,2-5,7H2,1H3,(H,14,17). The predicted molar refractivity (Wildman–Crippen MR) is 77.5 cm³/mol. The summed E-state index contributed by atoms with van der Waals surface area (Å²) in [5, 5.41) is -0.136. The number of piperidine rings is 1. The predicted octanol–water partition coefficient (Wildman–Crippen LogP) is 0.791. The van der Waals surface area contributed by atoms with Crippen LogP contribution < -0.4 is 10.3 Å². The maximum absolute atomic E-state index is 12.1. The number of rotatable bonds is 4. The van der Waals surface area contributed by atoms with Crippen LogP contribution in [0.1, 0.15) is 19.3 Å². The van der Waals surface area contributed by atoms with Crippen molar-refractivity contribution in [3.05, 3.63) is 27.6 Å². The summed E-state index contributed by atoms with van der Waals surface area (Å²) in [6, 6.07) is 1.37. The molecule has 1 saturated heterocycles. The van der Waals surface area contributed by atoms with Gasteiger partial charge in [-0.1, -0.05) is 18.0 Å². The van der Waals surface area contributed by atoms with E-state index < -0.39 is 15.6 Å². The van der Waals surface area contributed by atoms with Crippen LogP contribution >= 0.6 is 11.6 Å². The third-order valence-electron chi connectivity index (χ3n) is 3.57. The molecule has 6 nitrogen and oxygen atoms in total. The first-order valence-corrected chi connectivity index (χ1v) is 8.34. The molecule has 1 atom stereocenters. The molecular formula is C12H18ClN3O3S. The lowest BCUT2D eigenvalue weighted by Crippen LogP contribution is -2.44. The highest BCUT2D eigenvalue weighted by atomic mass is 35.5. The van der Waals surface area contributed by atoms with E-state index in [1.807, 2.05) is 7.05 Å². The normalized spacial score (nSPS) is 21.0. The summed E-state index contributed by atoms with van der Waals surface area (Å²) in [5.74, 6) is 0. The summed E-state index contributed by atoms with van der Waals surface area (Å²) in [4.78, 5) is 15.6. The Hall–Kier alpha value is -0.890. The summed E-state index contributed by atoms with van der Waals surface area (Å²) in [5.41, 5.74) is -0.502. The Morgan fingerprint density at radius 3 is 2.90 bits per heavy atom. The highest BCUT2D eigenvalue weighted by Gasteiger charge is 2.22. The second-order valence-corrected chi connectivity index (χ2v) is 7.17. The molecule has 2 N–H and O–H groups in total. The Morgan fingerprint density at radius 1 is 1.50 bits per heavy atom. The van der Waals surface area contributed by atoms with Crippen molar-refractivity contribution >= 4 is 21.6 Å². The monoisotopic (exact) mass is 319 g/mol. The molecule has 1 aliphatic rings. The van der Waals surface area contributed by atoms with E-state index >= 15 is 0 Å². The van der Waals surface area contributed by atoms with Crippen LogP contribution in [-0.2, 0) is 10.0 Å². The molecule has 0 radical (unpaired) electrons. The first-order chi connectivity index (χ1) is 9.40. The van der Waals surface area contributed by atoms with E-state index in [0.29, 0.717) is 6.54 Å². The quantitative estimate of drug-likeness (QED) is 0.859. The van der Waals surface area contributed by atoms with Crippen LogP contribution in [0, 0.1) is 0 Å². The van der Waals surface area contributed by atoms with E-state index in [9.17, 15) is 13.2 Å². The zero-order valence-electron chi connectivity index (χ0n) is 11.2. The van der Waals surface area contributed by atoms with Gasteiger partial charge in [0.05, 0.1) is 4.90 Å². The van der Waals surface area contributed by atoms with Crippen molar-refractivity contribution in [2.75, 3.05) is 20.1 Å². The minimum Gasteiger partial charge on any atom is -0.326 e. The molecular weight excluding hydrogens is 302 g/mol. The van der Waals surface area contributed by atoms with Crippen LogP contribution in [0.5, 0.6) is 0 Å². The average molecular weight is 320 g/mol. The number of sulfonamides is 1. The van der Waals surface area contributed by atoms with Crippen molar-refractivity contribution in [1.29, 1.82) is 0 Å². The van der Waals surface area contributed by atoms with Crippen LogP contribution in [-0.4, -0.2) is 44.5 Å². The number of halogens is 1. The molecule has 0 aromatic carbocycles. The maximum Gasteiger partial charge on any atom is 0.266 e. The Morgan fingerprint density at radius 2 is 2.25 bits per heavy atom. The van der Waals surface area contributed by atoms with Crippen molar-refractivity contribution in [2.24, 2.45) is 0 Å². The Labute approximate surface area is 123 Å². The lowest BCUT2D eigenvalue weighted by molar-refractivity contribution is 0.187. The van der Waals surface area contributed by atoms with Crippen molar-refractivity contribution < 1.29 is 8.42 Å². The number of likely N-dealkylation sites (tertiary alicyclic amines) is 1. The van der Waals surface area contributed by atoms with Gasteiger partial charge < -0.3 is 9.88 Å². The van der Waals surface area contributed by atoms with Gasteiger partial charge in [0.15, 0.2) is 0 Å². The topological polar surface area (TPSA) is 82.3 Å². The first-order valence-electron chi connectivity index (χ1n) is 6.48. The van der Waals surface area contributed by atoms with Gasteiger partial charge in [-0.15, -0.1) is 0 Å². The van der Waals surface area contributed by atoms with Crippen LogP contribution in [0.2, 0.25) is 5.02 Å². The average Bonchev–Trinajstić information content (AvgIpc) is 2.41. The molecule has 1 aliphatic heterocycles. The molecule has 0 bridgehead atoms. The van der Waals surface area contributed by atoms with Gasteiger partial charge in [-0.25, -0.2) is 13.1 Å². The van der Waals surface area contributed by atoms with Gasteiger partial charge in [-0.3, -0.25) is 4.79 Å². The Balaban J connectivity index is 2.07. The second kappa shape index (κ2) is 6.26. The van der Waals surface area contributed by atoms with Gasteiger partial charge in [0, 0.05) is 18.8 Å². The zero-order valence-corrected chi connectivity index (χ0v) is 12.8. The molecule has 2 heterocycles. The Bertz CT molecular complexity index is 629. The number of hydrogen-bond acceptors (Lipinski definition) is 4. The van der Waals surface area contributed by atoms with Crippen molar-refractivity contribution in [1.82, 2.24) is 14.6 Å². The second-order valence-electron chi connectivity index (χ2n) is 4.99. The van der Waals surface area contributed by atoms with E-state index in [0.717, 1.165) is 38.1 Å². The summed E-state index contributed by atoms with van der Waals surface area (Å²) < 4.78 is 26.8. The number of aromatic amines is 1. The molecule has 0 amide bonds. The fraction of sp³-hybridized carbons (Fsp3) is 0.583. The summed E-state index contributed by atoms with van der Waals surface area (Å²) in [6.07, 6.45) is 4.39. The van der Waals surface area contributed by atoms with Crippen LogP contribution in [0.3, 0.4) is 0 Å². The van der Waals surface area contributed by atoms with Crippen molar-refractivity contribution in [3.63, 3.8) is 0 Å². The molecule has 8 heteroatoms. The fourth-order valence-electron chi connectivity index (χ4n) is 2.28. The lowest BCUT2D eigenvalue weighted by Gasteiger charge is -2.32. The number of nitrogens with one attached hydrogen (secondary N) is 2. The molecule has 0 spiro atoms. The summed E-state index contributed by atoms with van der Waals surface area (Å²) >= 11 is 5.65. The smallest absolute Gasteiger partial charge is 0.266 e. The van der Waals surface area contributed by atoms with Gasteiger partial charge in [0.2, 0.25) is 10.0 Å². The zero-order chi connectivity index (χ0) is 14.8.